The number of hydrogen-bond acceptors (Lipinski definition) is 3. The summed E-state index contributed by atoms with van der Waals surface area (Å²) < 4.78 is 0. The summed E-state index contributed by atoms with van der Waals surface area (Å²) in [5.74, 6) is 0.0743. The number of carbonyl (C=O) groups excluding carboxylic acids is 1. The van der Waals surface area contributed by atoms with E-state index in [0.717, 1.165) is 42.6 Å². The molecule has 3 rings (SSSR count). The van der Waals surface area contributed by atoms with Gasteiger partial charge in [0.15, 0.2) is 0 Å². The zero-order valence-corrected chi connectivity index (χ0v) is 14.9. The van der Waals surface area contributed by atoms with Crippen LogP contribution in [0.5, 0.6) is 0 Å². The van der Waals surface area contributed by atoms with Crippen LogP contribution >= 0.6 is 0 Å². The van der Waals surface area contributed by atoms with Crippen molar-refractivity contribution >= 4 is 17.7 Å². The molecule has 0 bridgehead atoms. The Morgan fingerprint density at radius 1 is 1.20 bits per heavy atom. The van der Waals surface area contributed by atoms with Crippen molar-refractivity contribution < 1.29 is 4.79 Å². The minimum absolute atomic E-state index is 0.0743. The van der Waals surface area contributed by atoms with Gasteiger partial charge in [-0.15, -0.1) is 0 Å². The summed E-state index contributed by atoms with van der Waals surface area (Å²) >= 11 is 0. The normalized spacial score (nSPS) is 17.7. The lowest BCUT2D eigenvalue weighted by Crippen LogP contribution is -2.37. The largest absolute Gasteiger partial charge is 0.378 e. The number of likely N-dealkylation sites (tertiary alicyclic amines) is 1. The molecule has 2 aromatic rings. The Labute approximate surface area is 149 Å². The zero-order valence-electron chi connectivity index (χ0n) is 14.9. The van der Waals surface area contributed by atoms with E-state index >= 15 is 0 Å². The second kappa shape index (κ2) is 7.97. The summed E-state index contributed by atoms with van der Waals surface area (Å²) in [6.45, 7) is 0.808. The fourth-order valence-electron chi connectivity index (χ4n) is 3.26. The van der Waals surface area contributed by atoms with Crippen molar-refractivity contribution in [1.82, 2.24) is 9.88 Å². The molecule has 1 atom stereocenters. The molecule has 0 aliphatic carbocycles. The van der Waals surface area contributed by atoms with Crippen LogP contribution in [0, 0.1) is 0 Å². The highest BCUT2D eigenvalue weighted by Crippen LogP contribution is 2.30. The van der Waals surface area contributed by atoms with Gasteiger partial charge in [0.05, 0.1) is 6.04 Å². The predicted molar refractivity (Wildman–Crippen MR) is 102 cm³/mol. The van der Waals surface area contributed by atoms with Crippen molar-refractivity contribution in [3.8, 4) is 0 Å². The van der Waals surface area contributed by atoms with Crippen LogP contribution in [-0.2, 0) is 4.79 Å². The van der Waals surface area contributed by atoms with Crippen molar-refractivity contribution in [3.05, 3.63) is 66.0 Å². The lowest BCUT2D eigenvalue weighted by molar-refractivity contribution is -0.129. The summed E-state index contributed by atoms with van der Waals surface area (Å²) in [4.78, 5) is 21.0. The van der Waals surface area contributed by atoms with Crippen LogP contribution in [0.25, 0.3) is 6.08 Å². The van der Waals surface area contributed by atoms with Gasteiger partial charge in [-0.05, 0) is 54.7 Å². The maximum atomic E-state index is 12.7. The molecule has 4 heteroatoms. The SMILES string of the molecule is CN(C)c1ccc(C=CC(=O)N2CCCCC2c2cccnc2)cc1. The molecule has 1 aromatic carbocycles. The number of piperidine rings is 1. The van der Waals surface area contributed by atoms with E-state index in [9.17, 15) is 4.79 Å². The molecule has 2 heterocycles. The van der Waals surface area contributed by atoms with Gasteiger partial charge in [-0.1, -0.05) is 18.2 Å². The van der Waals surface area contributed by atoms with Gasteiger partial charge in [0.25, 0.3) is 0 Å². The van der Waals surface area contributed by atoms with Gasteiger partial charge in [-0.3, -0.25) is 9.78 Å². The minimum atomic E-state index is 0.0743. The van der Waals surface area contributed by atoms with Gasteiger partial charge in [0.1, 0.15) is 0 Å². The Kier molecular flexibility index (Phi) is 5.49. The number of carbonyl (C=O) groups is 1. The fourth-order valence-corrected chi connectivity index (χ4v) is 3.26. The molecule has 0 spiro atoms. The summed E-state index contributed by atoms with van der Waals surface area (Å²) in [6.07, 6.45) is 10.5. The number of benzene rings is 1. The highest BCUT2D eigenvalue weighted by molar-refractivity contribution is 5.92. The second-order valence-electron chi connectivity index (χ2n) is 6.65. The Morgan fingerprint density at radius 3 is 2.68 bits per heavy atom. The average Bonchev–Trinajstić information content (AvgIpc) is 2.67. The first-order valence-corrected chi connectivity index (χ1v) is 8.81. The predicted octanol–water partition coefficient (Wildman–Crippen LogP) is 3.91. The number of amides is 1. The molecule has 1 unspecified atom stereocenters. The van der Waals surface area contributed by atoms with E-state index in [1.165, 1.54) is 0 Å². The molecule has 4 nitrogen and oxygen atoms in total. The standard InChI is InChI=1S/C21H25N3O/c1-23(2)19-11-8-17(9-12-19)10-13-21(25)24-15-4-3-7-20(24)18-6-5-14-22-16-18/h5-6,8-14,16,20H,3-4,7,15H2,1-2H3. The third kappa shape index (κ3) is 4.27. The summed E-state index contributed by atoms with van der Waals surface area (Å²) in [5, 5.41) is 0. The van der Waals surface area contributed by atoms with Gasteiger partial charge < -0.3 is 9.80 Å². The topological polar surface area (TPSA) is 36.4 Å². The second-order valence-corrected chi connectivity index (χ2v) is 6.65. The Balaban J connectivity index is 1.72. The van der Waals surface area contributed by atoms with Gasteiger partial charge in [-0.2, -0.15) is 0 Å². The van der Waals surface area contributed by atoms with Gasteiger partial charge in [0.2, 0.25) is 5.91 Å². The van der Waals surface area contributed by atoms with E-state index in [1.54, 1.807) is 12.3 Å². The molecular formula is C21H25N3O. The summed E-state index contributed by atoms with van der Waals surface area (Å²) in [5.41, 5.74) is 3.31. The first-order valence-electron chi connectivity index (χ1n) is 8.81. The van der Waals surface area contributed by atoms with Crippen LogP contribution in [0.1, 0.15) is 36.4 Å². The highest BCUT2D eigenvalue weighted by atomic mass is 16.2. The maximum absolute atomic E-state index is 12.7. The van der Waals surface area contributed by atoms with E-state index in [4.69, 9.17) is 0 Å². The molecule has 0 saturated carbocycles. The molecular weight excluding hydrogens is 310 g/mol. The monoisotopic (exact) mass is 335 g/mol. The Morgan fingerprint density at radius 2 is 2.00 bits per heavy atom. The Hall–Kier alpha value is -2.62. The number of aromatic nitrogens is 1. The molecule has 25 heavy (non-hydrogen) atoms. The summed E-state index contributed by atoms with van der Waals surface area (Å²) in [7, 11) is 4.03. The number of pyridine rings is 1. The first-order chi connectivity index (χ1) is 12.1. The lowest BCUT2D eigenvalue weighted by atomic mass is 9.96. The van der Waals surface area contributed by atoms with Crippen molar-refractivity contribution in [3.63, 3.8) is 0 Å². The molecule has 1 aliphatic heterocycles. The van der Waals surface area contributed by atoms with Gasteiger partial charge in [-0.25, -0.2) is 0 Å². The van der Waals surface area contributed by atoms with Crippen LogP contribution in [0.2, 0.25) is 0 Å². The number of hydrogen-bond donors (Lipinski definition) is 0. The van der Waals surface area contributed by atoms with Crippen molar-refractivity contribution in [2.75, 3.05) is 25.5 Å². The van der Waals surface area contributed by atoms with E-state index < -0.39 is 0 Å². The fraction of sp³-hybridized carbons (Fsp3) is 0.333. The average molecular weight is 335 g/mol. The molecule has 1 aromatic heterocycles. The van der Waals surface area contributed by atoms with Crippen molar-refractivity contribution in [1.29, 1.82) is 0 Å². The molecule has 0 N–H and O–H groups in total. The van der Waals surface area contributed by atoms with Crippen LogP contribution in [0.15, 0.2) is 54.9 Å². The molecule has 0 radical (unpaired) electrons. The number of nitrogens with zero attached hydrogens (tertiary/aromatic N) is 3. The van der Waals surface area contributed by atoms with E-state index in [0.29, 0.717) is 0 Å². The van der Waals surface area contributed by atoms with E-state index in [1.807, 2.05) is 49.5 Å². The third-order valence-electron chi connectivity index (χ3n) is 4.68. The smallest absolute Gasteiger partial charge is 0.247 e. The van der Waals surface area contributed by atoms with Crippen LogP contribution < -0.4 is 4.90 Å². The molecule has 1 aliphatic rings. The molecule has 1 amide bonds. The van der Waals surface area contributed by atoms with Gasteiger partial charge >= 0.3 is 0 Å². The zero-order chi connectivity index (χ0) is 17.6. The van der Waals surface area contributed by atoms with E-state index in [-0.39, 0.29) is 11.9 Å². The van der Waals surface area contributed by atoms with E-state index in [2.05, 4.69) is 28.1 Å². The quantitative estimate of drug-likeness (QED) is 0.795. The molecule has 130 valence electrons. The minimum Gasteiger partial charge on any atom is -0.378 e. The maximum Gasteiger partial charge on any atom is 0.247 e. The highest BCUT2D eigenvalue weighted by Gasteiger charge is 2.26. The first kappa shape index (κ1) is 17.2. The van der Waals surface area contributed by atoms with Crippen LogP contribution in [-0.4, -0.2) is 36.4 Å². The third-order valence-corrected chi connectivity index (χ3v) is 4.68. The van der Waals surface area contributed by atoms with Crippen molar-refractivity contribution in [2.24, 2.45) is 0 Å². The van der Waals surface area contributed by atoms with Crippen molar-refractivity contribution in [2.45, 2.75) is 25.3 Å². The molecule has 1 saturated heterocycles. The number of anilines is 1. The van der Waals surface area contributed by atoms with Crippen LogP contribution in [0.4, 0.5) is 5.69 Å². The lowest BCUT2D eigenvalue weighted by Gasteiger charge is -2.35. The summed E-state index contributed by atoms with van der Waals surface area (Å²) in [6, 6.07) is 12.3. The van der Waals surface area contributed by atoms with Gasteiger partial charge in [0, 0.05) is 44.8 Å². The Bertz CT molecular complexity index is 723. The van der Waals surface area contributed by atoms with Crippen LogP contribution in [0.3, 0.4) is 0 Å². The molecule has 1 fully saturated rings. The number of rotatable bonds is 4.